The molecule has 7 nitrogen and oxygen atoms in total. The van der Waals surface area contributed by atoms with Gasteiger partial charge in [0.25, 0.3) is 0 Å². The third-order valence-corrected chi connectivity index (χ3v) is 8.40. The molecule has 2 aliphatic carbocycles. The van der Waals surface area contributed by atoms with Gasteiger partial charge in [0.05, 0.1) is 22.9 Å². The van der Waals surface area contributed by atoms with Gasteiger partial charge < -0.3 is 19.6 Å². The Labute approximate surface area is 196 Å². The van der Waals surface area contributed by atoms with Crippen LogP contribution in [0.25, 0.3) is 0 Å². The van der Waals surface area contributed by atoms with E-state index >= 15 is 0 Å². The number of hydrogen-bond donors (Lipinski definition) is 1. The van der Waals surface area contributed by atoms with Crippen molar-refractivity contribution >= 4 is 17.5 Å². The summed E-state index contributed by atoms with van der Waals surface area (Å²) in [6.07, 6.45) is 1.04. The molecule has 1 aromatic rings. The monoisotopic (exact) mass is 481 g/mol. The van der Waals surface area contributed by atoms with Crippen molar-refractivity contribution in [3.8, 4) is 5.88 Å². The highest BCUT2D eigenvalue weighted by Crippen LogP contribution is 2.53. The fourth-order valence-corrected chi connectivity index (χ4v) is 5.82. The van der Waals surface area contributed by atoms with Crippen LogP contribution >= 0.6 is 0 Å². The number of nitrogens with zero attached hydrogens (tertiary/aromatic N) is 3. The first kappa shape index (κ1) is 23.4. The summed E-state index contributed by atoms with van der Waals surface area (Å²) in [5, 5.41) is 11.3. The number of alkyl halides is 3. The molecule has 4 fully saturated rings. The number of rotatable bonds is 5. The normalized spacial score (nSPS) is 31.6. The van der Waals surface area contributed by atoms with Gasteiger partial charge in [-0.25, -0.2) is 4.98 Å². The maximum Gasteiger partial charge on any atom is 0.425 e. The number of hydrogen-bond acceptors (Lipinski definition) is 5. The summed E-state index contributed by atoms with van der Waals surface area (Å²) in [7, 11) is 0. The van der Waals surface area contributed by atoms with Crippen LogP contribution in [0, 0.1) is 5.41 Å². The summed E-state index contributed by atoms with van der Waals surface area (Å²) < 4.78 is 42.9. The van der Waals surface area contributed by atoms with Crippen LogP contribution in [0.5, 0.6) is 5.88 Å². The molecule has 186 valence electrons. The number of likely N-dealkylation sites (tertiary alicyclic amines) is 1. The second-order valence-corrected chi connectivity index (χ2v) is 10.6. The zero-order valence-corrected chi connectivity index (χ0v) is 19.2. The lowest BCUT2D eigenvalue weighted by molar-refractivity contribution is -0.189. The Hall–Kier alpha value is -2.36. The SMILES string of the molecule is C[C@H](Oc1ccc(N2CCC3(CCC(O)(CN4C(=O)CCC45CC5)CC3)C2=O)cn1)C(F)(F)F. The molecule has 4 aliphatic rings. The van der Waals surface area contributed by atoms with Crippen LogP contribution in [-0.2, 0) is 9.59 Å². The van der Waals surface area contributed by atoms with Gasteiger partial charge in [-0.3, -0.25) is 9.59 Å². The molecule has 2 spiro atoms. The zero-order valence-electron chi connectivity index (χ0n) is 19.2. The van der Waals surface area contributed by atoms with Crippen LogP contribution in [0.2, 0.25) is 0 Å². The highest BCUT2D eigenvalue weighted by molar-refractivity contribution is 5.99. The van der Waals surface area contributed by atoms with Crippen LogP contribution in [0.4, 0.5) is 18.9 Å². The molecule has 3 heterocycles. The van der Waals surface area contributed by atoms with Gasteiger partial charge in [0, 0.05) is 31.1 Å². The van der Waals surface area contributed by atoms with Crippen molar-refractivity contribution in [3.63, 3.8) is 0 Å². The van der Waals surface area contributed by atoms with Crippen molar-refractivity contribution in [2.75, 3.05) is 18.0 Å². The third-order valence-electron chi connectivity index (χ3n) is 8.40. The number of pyridine rings is 1. The first-order valence-corrected chi connectivity index (χ1v) is 12.0. The van der Waals surface area contributed by atoms with Crippen molar-refractivity contribution in [1.29, 1.82) is 0 Å². The largest absolute Gasteiger partial charge is 0.465 e. The van der Waals surface area contributed by atoms with E-state index in [4.69, 9.17) is 4.74 Å². The second-order valence-electron chi connectivity index (χ2n) is 10.6. The van der Waals surface area contributed by atoms with E-state index in [-0.39, 0.29) is 23.2 Å². The summed E-state index contributed by atoms with van der Waals surface area (Å²) in [4.78, 5) is 33.2. The maximum atomic E-state index is 13.4. The summed E-state index contributed by atoms with van der Waals surface area (Å²) in [6, 6.07) is 2.89. The molecule has 1 N–H and O–H groups in total. The maximum absolute atomic E-state index is 13.4. The molecule has 2 aliphatic heterocycles. The Morgan fingerprint density at radius 1 is 1.09 bits per heavy atom. The number of carbonyl (C=O) groups excluding carboxylic acids is 2. The Kier molecular flexibility index (Phi) is 5.38. The minimum absolute atomic E-state index is 0.0251. The zero-order chi connectivity index (χ0) is 24.4. The van der Waals surface area contributed by atoms with Gasteiger partial charge in [-0.2, -0.15) is 13.2 Å². The Morgan fingerprint density at radius 2 is 1.79 bits per heavy atom. The van der Waals surface area contributed by atoms with E-state index in [1.54, 1.807) is 11.0 Å². The van der Waals surface area contributed by atoms with Crippen molar-refractivity contribution in [2.24, 2.45) is 5.41 Å². The quantitative estimate of drug-likeness (QED) is 0.695. The molecule has 0 bridgehead atoms. The van der Waals surface area contributed by atoms with Gasteiger partial charge in [-0.05, 0) is 64.4 Å². The third kappa shape index (κ3) is 4.03. The molecular weight excluding hydrogens is 451 g/mol. The van der Waals surface area contributed by atoms with Crippen LogP contribution in [-0.4, -0.2) is 63.3 Å². The fourth-order valence-electron chi connectivity index (χ4n) is 5.82. The molecule has 1 atom stereocenters. The molecule has 2 saturated heterocycles. The average molecular weight is 482 g/mol. The first-order chi connectivity index (χ1) is 16.0. The van der Waals surface area contributed by atoms with Gasteiger partial charge in [-0.15, -0.1) is 0 Å². The number of ether oxygens (including phenoxy) is 1. The summed E-state index contributed by atoms with van der Waals surface area (Å²) in [6.45, 7) is 1.76. The number of carbonyl (C=O) groups is 2. The lowest BCUT2D eigenvalue weighted by Crippen LogP contribution is -2.51. The van der Waals surface area contributed by atoms with Gasteiger partial charge in [0.2, 0.25) is 17.7 Å². The number of aliphatic hydroxyl groups is 1. The van der Waals surface area contributed by atoms with Crippen LogP contribution in [0.3, 0.4) is 0 Å². The molecular formula is C24H30F3N3O4. The van der Waals surface area contributed by atoms with Crippen molar-refractivity contribution < 1.29 is 32.6 Å². The second kappa shape index (κ2) is 7.83. The van der Waals surface area contributed by atoms with Crippen LogP contribution in [0.15, 0.2) is 18.3 Å². The fraction of sp³-hybridized carbons (Fsp3) is 0.708. The van der Waals surface area contributed by atoms with E-state index in [2.05, 4.69) is 4.98 Å². The first-order valence-electron chi connectivity index (χ1n) is 12.0. The molecule has 5 rings (SSSR count). The van der Waals surface area contributed by atoms with Gasteiger partial charge >= 0.3 is 6.18 Å². The molecule has 10 heteroatoms. The van der Waals surface area contributed by atoms with Crippen LogP contribution < -0.4 is 9.64 Å². The molecule has 2 saturated carbocycles. The van der Waals surface area contributed by atoms with E-state index in [1.807, 2.05) is 4.90 Å². The van der Waals surface area contributed by atoms with Crippen molar-refractivity contribution in [3.05, 3.63) is 18.3 Å². The van der Waals surface area contributed by atoms with Crippen molar-refractivity contribution in [2.45, 2.75) is 88.1 Å². The van der Waals surface area contributed by atoms with Crippen LogP contribution in [0.1, 0.15) is 64.7 Å². The molecule has 0 aromatic carbocycles. The molecule has 34 heavy (non-hydrogen) atoms. The lowest BCUT2D eigenvalue weighted by atomic mass is 9.67. The van der Waals surface area contributed by atoms with E-state index < -0.39 is 23.3 Å². The highest BCUT2D eigenvalue weighted by atomic mass is 19.4. The number of halogens is 3. The molecule has 1 aromatic heterocycles. The minimum atomic E-state index is -4.48. The Morgan fingerprint density at radius 3 is 2.38 bits per heavy atom. The summed E-state index contributed by atoms with van der Waals surface area (Å²) in [5.41, 5.74) is -1.03. The number of anilines is 1. The lowest BCUT2D eigenvalue weighted by Gasteiger charge is -2.43. The van der Waals surface area contributed by atoms with E-state index in [9.17, 15) is 27.9 Å². The number of amides is 2. The smallest absolute Gasteiger partial charge is 0.425 e. The van der Waals surface area contributed by atoms with Gasteiger partial charge in [0.1, 0.15) is 0 Å². The van der Waals surface area contributed by atoms with E-state index in [0.717, 1.165) is 26.2 Å². The Balaban J connectivity index is 1.21. The molecule has 0 unspecified atom stereocenters. The molecule has 2 amide bonds. The topological polar surface area (TPSA) is 83.0 Å². The standard InChI is InChI=1S/C24H30F3N3O4/c1-16(24(25,26)27)34-18-3-2-17(14-28-18)29-13-12-21(20(29)32)6-10-23(33,11-7-21)15-30-19(31)4-5-22(30)8-9-22/h2-3,14,16,33H,4-13,15H2,1H3/t16-,21?,23?/m0/s1. The van der Waals surface area contributed by atoms with Gasteiger partial charge in [-0.1, -0.05) is 0 Å². The Bertz CT molecular complexity index is 969. The number of aromatic nitrogens is 1. The summed E-state index contributed by atoms with van der Waals surface area (Å²) in [5.74, 6) is -0.0639. The molecule has 0 radical (unpaired) electrons. The average Bonchev–Trinajstić information content (AvgIpc) is 3.44. The number of β-amino-alcohol motifs (C(OH)–C–C–N with tert-alkyl or cyclic N) is 1. The van der Waals surface area contributed by atoms with E-state index in [1.165, 1.54) is 12.3 Å². The van der Waals surface area contributed by atoms with E-state index in [0.29, 0.717) is 57.3 Å². The van der Waals surface area contributed by atoms with Crippen molar-refractivity contribution in [1.82, 2.24) is 9.88 Å². The highest BCUT2D eigenvalue weighted by Gasteiger charge is 2.57. The minimum Gasteiger partial charge on any atom is -0.465 e. The van der Waals surface area contributed by atoms with Gasteiger partial charge in [0.15, 0.2) is 6.10 Å². The predicted octanol–water partition coefficient (Wildman–Crippen LogP) is 3.59. The summed E-state index contributed by atoms with van der Waals surface area (Å²) >= 11 is 0. The predicted molar refractivity (Wildman–Crippen MR) is 116 cm³/mol.